The molecular formula is C30H40N4O6. The minimum atomic E-state index is -1.20. The summed E-state index contributed by atoms with van der Waals surface area (Å²) in [5.41, 5.74) is 1.77. The monoisotopic (exact) mass is 552 g/mol. The smallest absolute Gasteiger partial charge is 0.358 e. The number of carbonyl (C=O) groups excluding carboxylic acids is 2. The first-order valence-electron chi connectivity index (χ1n) is 14.1. The molecule has 1 saturated carbocycles. The van der Waals surface area contributed by atoms with Crippen molar-refractivity contribution in [3.63, 3.8) is 0 Å². The molecule has 40 heavy (non-hydrogen) atoms. The third-order valence-electron chi connectivity index (χ3n) is 7.78. The molecular weight excluding hydrogens is 512 g/mol. The first-order valence-corrected chi connectivity index (χ1v) is 14.1. The Bertz CT molecular complexity index is 1350. The van der Waals surface area contributed by atoms with Crippen LogP contribution >= 0.6 is 0 Å². The third kappa shape index (κ3) is 6.38. The first kappa shape index (κ1) is 29.3. The van der Waals surface area contributed by atoms with Crippen LogP contribution in [-0.2, 0) is 34.3 Å². The van der Waals surface area contributed by atoms with Crippen molar-refractivity contribution in [1.29, 1.82) is 0 Å². The number of para-hydroxylation sites is 1. The third-order valence-corrected chi connectivity index (χ3v) is 7.78. The zero-order valence-corrected chi connectivity index (χ0v) is 24.0. The topological polar surface area (TPSA) is 127 Å². The van der Waals surface area contributed by atoms with Gasteiger partial charge >= 0.3 is 11.9 Å². The minimum Gasteiger partial charge on any atom is -0.476 e. The number of aryl methyl sites for hydroxylation is 2. The van der Waals surface area contributed by atoms with Crippen molar-refractivity contribution in [1.82, 2.24) is 19.9 Å². The number of hydrogen-bond donors (Lipinski definition) is 2. The highest BCUT2D eigenvalue weighted by atomic mass is 16.7. The molecule has 0 bridgehead atoms. The van der Waals surface area contributed by atoms with Gasteiger partial charge in [0.05, 0.1) is 0 Å². The van der Waals surface area contributed by atoms with Crippen molar-refractivity contribution in [3.05, 3.63) is 53.4 Å². The molecule has 216 valence electrons. The number of hydrogen-bond acceptors (Lipinski definition) is 7. The van der Waals surface area contributed by atoms with Crippen molar-refractivity contribution < 1.29 is 28.7 Å². The van der Waals surface area contributed by atoms with Crippen LogP contribution in [0.25, 0.3) is 10.9 Å². The maximum atomic E-state index is 13.7. The SMILES string of the molecule is CCc1oc([C@@H](Cc2cn(C)c3ccccc23)NC(=O)[C@@H](C(=O)ON(C)C2CCCCC2)C(C)C)nc1C(=O)O. The fourth-order valence-electron chi connectivity index (χ4n) is 5.60. The van der Waals surface area contributed by atoms with Gasteiger partial charge in [0, 0.05) is 50.1 Å². The van der Waals surface area contributed by atoms with E-state index in [1.54, 1.807) is 32.9 Å². The van der Waals surface area contributed by atoms with Crippen LogP contribution in [0.4, 0.5) is 0 Å². The molecule has 2 aromatic heterocycles. The molecule has 1 amide bonds. The summed E-state index contributed by atoms with van der Waals surface area (Å²) < 4.78 is 7.88. The van der Waals surface area contributed by atoms with Crippen LogP contribution in [0.2, 0.25) is 0 Å². The zero-order chi connectivity index (χ0) is 29.0. The lowest BCUT2D eigenvalue weighted by Crippen LogP contribution is -2.44. The Morgan fingerprint density at radius 2 is 1.90 bits per heavy atom. The van der Waals surface area contributed by atoms with Gasteiger partial charge in [-0.05, 0) is 30.4 Å². The van der Waals surface area contributed by atoms with Crippen LogP contribution in [0.3, 0.4) is 0 Å². The van der Waals surface area contributed by atoms with Crippen molar-refractivity contribution in [2.24, 2.45) is 18.9 Å². The van der Waals surface area contributed by atoms with Crippen LogP contribution in [0.1, 0.15) is 86.6 Å². The lowest BCUT2D eigenvalue weighted by atomic mass is 9.94. The molecule has 2 N–H and O–H groups in total. The summed E-state index contributed by atoms with van der Waals surface area (Å²) in [7, 11) is 3.69. The molecule has 1 aromatic carbocycles. The van der Waals surface area contributed by atoms with Crippen molar-refractivity contribution in [2.45, 2.75) is 77.8 Å². The van der Waals surface area contributed by atoms with Gasteiger partial charge in [0.2, 0.25) is 11.8 Å². The summed E-state index contributed by atoms with van der Waals surface area (Å²) in [5, 5.41) is 15.2. The van der Waals surface area contributed by atoms with E-state index in [0.29, 0.717) is 6.42 Å². The number of aromatic nitrogens is 2. The summed E-state index contributed by atoms with van der Waals surface area (Å²) in [5.74, 6) is -3.42. The number of carboxylic acids is 1. The predicted molar refractivity (Wildman–Crippen MR) is 149 cm³/mol. The molecule has 3 aromatic rings. The van der Waals surface area contributed by atoms with Crippen molar-refractivity contribution >= 4 is 28.7 Å². The van der Waals surface area contributed by atoms with Gasteiger partial charge < -0.3 is 24.2 Å². The molecule has 0 saturated heterocycles. The van der Waals surface area contributed by atoms with E-state index in [9.17, 15) is 19.5 Å². The second-order valence-electron chi connectivity index (χ2n) is 11.0. The van der Waals surface area contributed by atoms with E-state index in [1.807, 2.05) is 42.1 Å². The highest BCUT2D eigenvalue weighted by Gasteiger charge is 2.36. The molecule has 2 heterocycles. The number of rotatable bonds is 11. The highest BCUT2D eigenvalue weighted by Crippen LogP contribution is 2.29. The Morgan fingerprint density at radius 1 is 1.20 bits per heavy atom. The number of benzene rings is 1. The largest absolute Gasteiger partial charge is 0.476 e. The number of aromatic carboxylic acids is 1. The second-order valence-corrected chi connectivity index (χ2v) is 11.0. The van der Waals surface area contributed by atoms with Gasteiger partial charge in [-0.3, -0.25) is 4.79 Å². The summed E-state index contributed by atoms with van der Waals surface area (Å²) in [6, 6.07) is 7.23. The van der Waals surface area contributed by atoms with E-state index in [4.69, 9.17) is 9.25 Å². The van der Waals surface area contributed by atoms with Crippen molar-refractivity contribution in [2.75, 3.05) is 7.05 Å². The molecule has 0 radical (unpaired) electrons. The number of carbonyl (C=O) groups is 3. The molecule has 10 nitrogen and oxygen atoms in total. The van der Waals surface area contributed by atoms with E-state index >= 15 is 0 Å². The summed E-state index contributed by atoms with van der Waals surface area (Å²) in [6.07, 6.45) is 7.85. The average molecular weight is 553 g/mol. The Labute approximate surface area is 234 Å². The molecule has 0 aliphatic heterocycles. The summed E-state index contributed by atoms with van der Waals surface area (Å²) >= 11 is 0. The van der Waals surface area contributed by atoms with Crippen LogP contribution in [-0.4, -0.2) is 50.7 Å². The minimum absolute atomic E-state index is 0.0886. The van der Waals surface area contributed by atoms with Crippen LogP contribution in [0.5, 0.6) is 0 Å². The molecule has 0 spiro atoms. The zero-order valence-electron chi connectivity index (χ0n) is 24.0. The van der Waals surface area contributed by atoms with Gasteiger partial charge in [0.25, 0.3) is 0 Å². The number of carboxylic acid groups (broad SMARTS) is 1. The number of fused-ring (bicyclic) bond motifs is 1. The van der Waals surface area contributed by atoms with Crippen LogP contribution in [0.15, 0.2) is 34.9 Å². The molecule has 1 aliphatic carbocycles. The summed E-state index contributed by atoms with van der Waals surface area (Å²) in [4.78, 5) is 48.7. The van der Waals surface area contributed by atoms with Crippen LogP contribution < -0.4 is 5.32 Å². The number of nitrogens with zero attached hydrogens (tertiary/aromatic N) is 3. The van der Waals surface area contributed by atoms with Gasteiger partial charge in [0.1, 0.15) is 17.7 Å². The van der Waals surface area contributed by atoms with E-state index in [-0.39, 0.29) is 35.7 Å². The number of amides is 1. The first-order chi connectivity index (χ1) is 19.1. The Kier molecular flexibility index (Phi) is 9.29. The van der Waals surface area contributed by atoms with Gasteiger partial charge in [-0.25, -0.2) is 14.6 Å². The van der Waals surface area contributed by atoms with Gasteiger partial charge in [-0.2, -0.15) is 0 Å². The lowest BCUT2D eigenvalue weighted by Gasteiger charge is -2.31. The molecule has 4 rings (SSSR count). The fourth-order valence-corrected chi connectivity index (χ4v) is 5.60. The van der Waals surface area contributed by atoms with Gasteiger partial charge in [-0.15, -0.1) is 5.06 Å². The second kappa shape index (κ2) is 12.7. The Hall–Kier alpha value is -3.66. The standard InChI is InChI=1S/C30H40N4O6/c1-6-24-26(29(36)37)32-28(39-24)22(16-19-17-33(4)23-15-11-10-14-21(19)23)31-27(35)25(18(2)3)30(38)40-34(5)20-12-8-7-9-13-20/h10-11,14-15,17-18,20,22,25H,6-9,12-13,16H2,1-5H3,(H,31,35)(H,36,37)/t22-,25+/m1/s1. The maximum Gasteiger partial charge on any atom is 0.358 e. The Balaban J connectivity index is 1.62. The predicted octanol–water partition coefficient (Wildman–Crippen LogP) is 4.82. The molecule has 1 aliphatic rings. The number of oxazole rings is 1. The molecule has 0 unspecified atom stereocenters. The highest BCUT2D eigenvalue weighted by molar-refractivity contribution is 5.98. The lowest BCUT2D eigenvalue weighted by molar-refractivity contribution is -0.203. The number of hydroxylamine groups is 2. The summed E-state index contributed by atoms with van der Waals surface area (Å²) in [6.45, 7) is 5.38. The van der Waals surface area contributed by atoms with E-state index in [2.05, 4.69) is 10.3 Å². The average Bonchev–Trinajstić information content (AvgIpc) is 3.50. The molecule has 2 atom stereocenters. The quantitative estimate of drug-likeness (QED) is 0.256. The van der Waals surface area contributed by atoms with Crippen LogP contribution in [0, 0.1) is 11.8 Å². The van der Waals surface area contributed by atoms with E-state index < -0.39 is 29.8 Å². The normalized spacial score (nSPS) is 15.9. The van der Waals surface area contributed by atoms with Crippen molar-refractivity contribution in [3.8, 4) is 0 Å². The van der Waals surface area contributed by atoms with E-state index in [0.717, 1.165) is 42.1 Å². The van der Waals surface area contributed by atoms with Gasteiger partial charge in [0.15, 0.2) is 5.69 Å². The van der Waals surface area contributed by atoms with Gasteiger partial charge in [-0.1, -0.05) is 58.2 Å². The molecule has 1 fully saturated rings. The molecule has 10 heteroatoms. The maximum absolute atomic E-state index is 13.7. The Morgan fingerprint density at radius 3 is 2.52 bits per heavy atom. The fraction of sp³-hybridized carbons (Fsp3) is 0.533. The number of nitrogens with one attached hydrogen (secondary N) is 1. The van der Waals surface area contributed by atoms with E-state index in [1.165, 1.54) is 6.42 Å².